The van der Waals surface area contributed by atoms with E-state index in [1.807, 2.05) is 12.1 Å². The molecule has 0 aliphatic heterocycles. The summed E-state index contributed by atoms with van der Waals surface area (Å²) in [5.41, 5.74) is 3.59. The van der Waals surface area contributed by atoms with Crippen LogP contribution in [0.1, 0.15) is 137 Å². The van der Waals surface area contributed by atoms with Crippen LogP contribution in [0.2, 0.25) is 0 Å². The van der Waals surface area contributed by atoms with Crippen molar-refractivity contribution in [2.24, 2.45) is 46.3 Å². The fourth-order valence-corrected chi connectivity index (χ4v) is 10.4. The van der Waals surface area contributed by atoms with Gasteiger partial charge in [-0.1, -0.05) is 151 Å². The van der Waals surface area contributed by atoms with Crippen LogP contribution in [0.5, 0.6) is 0 Å². The van der Waals surface area contributed by atoms with Gasteiger partial charge < -0.3 is 20.4 Å². The van der Waals surface area contributed by atoms with Crippen molar-refractivity contribution in [1.29, 1.82) is 0 Å². The number of fused-ring (bicyclic) bond motifs is 5. The molecule has 0 heterocycles. The molecule has 4 aliphatic carbocycles. The molecule has 56 heavy (non-hydrogen) atoms. The number of allylic oxidation sites excluding steroid dienone is 3. The zero-order valence-electron chi connectivity index (χ0n) is 35.5. The van der Waals surface area contributed by atoms with Crippen LogP contribution >= 0.6 is 0 Å². The van der Waals surface area contributed by atoms with E-state index >= 15 is 0 Å². The Labute approximate surface area is 353 Å². The molecule has 0 bridgehead atoms. The summed E-state index contributed by atoms with van der Waals surface area (Å²) in [5.74, 6) is 4.47. The van der Waals surface area contributed by atoms with Crippen molar-refractivity contribution in [3.8, 4) is 0 Å². The summed E-state index contributed by atoms with van der Waals surface area (Å²) in [6, 6.07) is 17.4. The van der Waals surface area contributed by atoms with Crippen molar-refractivity contribution in [3.63, 3.8) is 0 Å². The molecular weight excluding hydrogens is 732 g/mol. The Morgan fingerprint density at radius 1 is 0.786 bits per heavy atom. The summed E-state index contributed by atoms with van der Waals surface area (Å²) in [6.45, 7) is 16.8. The number of carbonyl (C=O) groups excluding carboxylic acids is 2. The summed E-state index contributed by atoms with van der Waals surface area (Å²) in [4.78, 5) is 21.1. The van der Waals surface area contributed by atoms with Gasteiger partial charge in [0, 0.05) is 0 Å². The third kappa shape index (κ3) is 13.7. The minimum Gasteiger partial charge on any atom is -0.872 e. The van der Waals surface area contributed by atoms with Crippen LogP contribution in [0.4, 0.5) is 0 Å². The number of ketones is 2. The first-order chi connectivity index (χ1) is 26.1. The SMILES string of the molecule is CC(=O)/C=C(\[O-])c1ccccc1.CC(=O)/C=C(\[O-])c1ccccc1.CC(C)CCCC(C)[C@H]1CCC2[C@@H]3CC=C4C[C@@H]([O-])CC[C@]4(C)C3CC[C@@]21C.CC[O-].[Ti+4]. The van der Waals surface area contributed by atoms with Crippen molar-refractivity contribution in [3.05, 3.63) is 95.6 Å². The Bertz CT molecular complexity index is 1520. The maximum Gasteiger partial charge on any atom is 4.00 e. The zero-order chi connectivity index (χ0) is 40.8. The van der Waals surface area contributed by atoms with E-state index in [-0.39, 0.29) is 57.5 Å². The molecule has 3 fully saturated rings. The molecule has 304 valence electrons. The Kier molecular flexibility index (Phi) is 20.8. The Balaban J connectivity index is 0.000000321. The van der Waals surface area contributed by atoms with Gasteiger partial charge in [-0.3, -0.25) is 9.59 Å². The van der Waals surface area contributed by atoms with Crippen LogP contribution in [0, 0.1) is 46.3 Å². The average Bonchev–Trinajstić information content (AvgIpc) is 3.50. The van der Waals surface area contributed by atoms with Gasteiger partial charge in [0.25, 0.3) is 0 Å². The zero-order valence-corrected chi connectivity index (χ0v) is 37.0. The van der Waals surface area contributed by atoms with Crippen molar-refractivity contribution >= 4 is 23.1 Å². The van der Waals surface area contributed by atoms with E-state index < -0.39 is 0 Å². The molecule has 3 unspecified atom stereocenters. The molecule has 2 aromatic rings. The molecule has 8 atom stereocenters. The van der Waals surface area contributed by atoms with Crippen LogP contribution < -0.4 is 20.4 Å². The summed E-state index contributed by atoms with van der Waals surface area (Å²) in [6.07, 6.45) is 18.7. The first-order valence-corrected chi connectivity index (χ1v) is 20.9. The first-order valence-electron chi connectivity index (χ1n) is 20.9. The van der Waals surface area contributed by atoms with Crippen molar-refractivity contribution in [1.82, 2.24) is 0 Å². The third-order valence-electron chi connectivity index (χ3n) is 13.0. The molecule has 0 aromatic heterocycles. The van der Waals surface area contributed by atoms with Crippen LogP contribution in [0.15, 0.2) is 84.5 Å². The van der Waals surface area contributed by atoms with Gasteiger partial charge >= 0.3 is 21.7 Å². The van der Waals surface area contributed by atoms with Gasteiger partial charge in [-0.15, -0.1) is 12.7 Å². The van der Waals surface area contributed by atoms with Crippen molar-refractivity contribution in [2.75, 3.05) is 6.61 Å². The van der Waals surface area contributed by atoms with E-state index in [0.717, 1.165) is 66.9 Å². The summed E-state index contributed by atoms with van der Waals surface area (Å²) in [5, 5.41) is 43.4. The molecule has 0 amide bonds. The van der Waals surface area contributed by atoms with E-state index in [9.17, 15) is 24.9 Å². The van der Waals surface area contributed by atoms with Gasteiger partial charge in [0.05, 0.1) is 0 Å². The van der Waals surface area contributed by atoms with Crippen LogP contribution in [0.25, 0.3) is 11.5 Å². The molecule has 7 heteroatoms. The largest absolute Gasteiger partial charge is 4.00 e. The number of carbonyl (C=O) groups is 2. The first kappa shape index (κ1) is 49.4. The number of rotatable bonds is 9. The van der Waals surface area contributed by atoms with Gasteiger partial charge in [0.2, 0.25) is 0 Å². The second kappa shape index (κ2) is 23.6. The summed E-state index contributed by atoms with van der Waals surface area (Å²) in [7, 11) is 0. The van der Waals surface area contributed by atoms with E-state index in [1.54, 1.807) is 61.0 Å². The molecular formula is C49H68O6Ti. The smallest absolute Gasteiger partial charge is 0.872 e. The number of hydrogen-bond acceptors (Lipinski definition) is 6. The molecule has 3 saturated carbocycles. The normalized spacial score (nSPS) is 28.4. The molecule has 0 spiro atoms. The monoisotopic (exact) mass is 800 g/mol. The van der Waals surface area contributed by atoms with Gasteiger partial charge in [-0.25, -0.2) is 0 Å². The summed E-state index contributed by atoms with van der Waals surface area (Å²) < 4.78 is 0. The summed E-state index contributed by atoms with van der Waals surface area (Å²) >= 11 is 0. The maximum atomic E-state index is 12.1. The second-order valence-electron chi connectivity index (χ2n) is 17.4. The molecule has 6 nitrogen and oxygen atoms in total. The van der Waals surface area contributed by atoms with E-state index in [0.29, 0.717) is 22.0 Å². The Morgan fingerprint density at radius 3 is 1.79 bits per heavy atom. The predicted octanol–water partition coefficient (Wildman–Crippen LogP) is 8.07. The quantitative estimate of drug-likeness (QED) is 0.109. The van der Waals surface area contributed by atoms with Crippen LogP contribution in [-0.2, 0) is 31.3 Å². The Morgan fingerprint density at radius 2 is 1.30 bits per heavy atom. The third-order valence-corrected chi connectivity index (χ3v) is 13.0. The van der Waals surface area contributed by atoms with E-state index in [4.69, 9.17) is 5.11 Å². The number of hydrogen-bond donors (Lipinski definition) is 0. The topological polar surface area (TPSA) is 126 Å². The van der Waals surface area contributed by atoms with Gasteiger partial charge in [-0.2, -0.15) is 0 Å². The Hall–Kier alpha value is -2.77. The predicted molar refractivity (Wildman–Crippen MR) is 218 cm³/mol. The van der Waals surface area contributed by atoms with Gasteiger partial charge in [-0.05, 0) is 128 Å². The van der Waals surface area contributed by atoms with Gasteiger partial charge in [0.1, 0.15) is 0 Å². The molecule has 0 saturated heterocycles. The van der Waals surface area contributed by atoms with Crippen molar-refractivity contribution < 1.29 is 51.7 Å². The fraction of sp³-hybridized carbons (Fsp3) is 0.592. The van der Waals surface area contributed by atoms with Crippen molar-refractivity contribution in [2.45, 2.75) is 132 Å². The minimum atomic E-state index is -0.327. The average molecular weight is 801 g/mol. The molecule has 6 rings (SSSR count). The van der Waals surface area contributed by atoms with E-state index in [1.165, 1.54) is 65.2 Å². The van der Waals surface area contributed by atoms with Gasteiger partial charge in [0.15, 0.2) is 11.6 Å². The standard InChI is InChI=1S/C27H45O.2C10H10O2.C2H5O.Ti/c1-18(2)7-6-8-19(3)23-11-12-24-22-10-9-20-17-21(28)13-15-26(20,4)25(22)14-16-27(23,24)5;2*1-8(11)7-10(12)9-5-3-2-4-6-9;1-2-3;/h9,18-19,21-25H,6-8,10-17H2,1-5H3;2*2-7,12H,1H3;2H2,1H3;/q-1;;;-1;+4/p-2/b;2*10-7-;;/t19?,21-,22-,23+,24?,25?,26-,27+;;;;/m0..../s1. The minimum absolute atomic E-state index is 0. The van der Waals surface area contributed by atoms with Crippen LogP contribution in [-0.4, -0.2) is 24.3 Å². The molecule has 2 aromatic carbocycles. The van der Waals surface area contributed by atoms with Crippen LogP contribution in [0.3, 0.4) is 0 Å². The molecule has 4 aliphatic rings. The fourth-order valence-electron chi connectivity index (χ4n) is 10.4. The molecule has 0 N–H and O–H groups in total. The van der Waals surface area contributed by atoms with E-state index in [2.05, 4.69) is 40.7 Å². The second-order valence-corrected chi connectivity index (χ2v) is 17.4. The number of benzene rings is 2. The molecule has 0 radical (unpaired) electrons. The maximum absolute atomic E-state index is 12.1.